The molecule has 0 N–H and O–H groups in total. The molecular weight excluding hydrogens is 266 g/mol. The monoisotopic (exact) mass is 293 g/mol. The van der Waals surface area contributed by atoms with Crippen molar-refractivity contribution in [3.63, 3.8) is 0 Å². The zero-order chi connectivity index (χ0) is 15.2. The van der Waals surface area contributed by atoms with Gasteiger partial charge in [-0.3, -0.25) is 4.90 Å². The summed E-state index contributed by atoms with van der Waals surface area (Å²) in [4.78, 5) is 2.69. The van der Waals surface area contributed by atoms with E-state index in [2.05, 4.69) is 72.5 Å². The van der Waals surface area contributed by atoms with Crippen molar-refractivity contribution in [3.8, 4) is 0 Å². The van der Waals surface area contributed by atoms with Gasteiger partial charge in [-0.05, 0) is 55.8 Å². The van der Waals surface area contributed by atoms with Gasteiger partial charge in [0.15, 0.2) is 0 Å². The van der Waals surface area contributed by atoms with Crippen LogP contribution in [-0.4, -0.2) is 18.0 Å². The highest BCUT2D eigenvalue weighted by Gasteiger charge is 2.25. The lowest BCUT2D eigenvalue weighted by Gasteiger charge is -2.37. The highest BCUT2D eigenvalue weighted by Crippen LogP contribution is 2.30. The molecule has 1 fully saturated rings. The summed E-state index contributed by atoms with van der Waals surface area (Å²) < 4.78 is 0. The van der Waals surface area contributed by atoms with Gasteiger partial charge in [-0.15, -0.1) is 0 Å². The fourth-order valence-electron chi connectivity index (χ4n) is 3.80. The van der Waals surface area contributed by atoms with E-state index in [9.17, 15) is 0 Å². The van der Waals surface area contributed by atoms with Gasteiger partial charge in [-0.25, -0.2) is 0 Å². The third-order valence-corrected chi connectivity index (χ3v) is 5.03. The van der Waals surface area contributed by atoms with Crippen LogP contribution in [0, 0.1) is 5.92 Å². The Morgan fingerprint density at radius 1 is 0.909 bits per heavy atom. The maximum atomic E-state index is 2.69. The van der Waals surface area contributed by atoms with E-state index >= 15 is 0 Å². The number of likely N-dealkylation sites (tertiary alicyclic amines) is 1. The standard InChI is InChI=1S/C21H27N/c1-2-21(20-11-7-4-8-12-20)22-15-13-19(14-16-22)17-18-9-5-3-6-10-18/h3-12,19,21H,2,13-17H2,1H3/t21-/m0/s1. The zero-order valence-electron chi connectivity index (χ0n) is 13.6. The predicted octanol–water partition coefficient (Wildman–Crippen LogP) is 5.09. The molecule has 116 valence electrons. The third kappa shape index (κ3) is 3.78. The molecule has 0 unspecified atom stereocenters. The smallest absolute Gasteiger partial charge is 0.0345 e. The molecule has 22 heavy (non-hydrogen) atoms. The summed E-state index contributed by atoms with van der Waals surface area (Å²) in [5.74, 6) is 0.854. The Kier molecular flexibility index (Phi) is 5.29. The molecular formula is C21H27N. The maximum absolute atomic E-state index is 2.69. The highest BCUT2D eigenvalue weighted by atomic mass is 15.2. The molecule has 2 aromatic carbocycles. The Hall–Kier alpha value is -1.60. The second-order valence-corrected chi connectivity index (χ2v) is 6.50. The van der Waals surface area contributed by atoms with Crippen molar-refractivity contribution in [1.29, 1.82) is 0 Å². The lowest BCUT2D eigenvalue weighted by molar-refractivity contribution is 0.129. The van der Waals surface area contributed by atoms with Crippen LogP contribution < -0.4 is 0 Å². The van der Waals surface area contributed by atoms with Gasteiger partial charge in [0, 0.05) is 6.04 Å². The van der Waals surface area contributed by atoms with Gasteiger partial charge < -0.3 is 0 Å². The number of piperidine rings is 1. The lowest BCUT2D eigenvalue weighted by Crippen LogP contribution is -2.37. The number of rotatable bonds is 5. The lowest BCUT2D eigenvalue weighted by atomic mass is 9.88. The average molecular weight is 293 g/mol. The molecule has 0 bridgehead atoms. The summed E-state index contributed by atoms with van der Waals surface area (Å²) >= 11 is 0. The van der Waals surface area contributed by atoms with E-state index in [1.165, 1.54) is 49.9 Å². The SMILES string of the molecule is CC[C@@H](c1ccccc1)N1CCC(Cc2ccccc2)CC1. The molecule has 0 amide bonds. The van der Waals surface area contributed by atoms with Gasteiger partial charge in [0.1, 0.15) is 0 Å². The van der Waals surface area contributed by atoms with Crippen LogP contribution in [-0.2, 0) is 6.42 Å². The van der Waals surface area contributed by atoms with Crippen LogP contribution in [0.15, 0.2) is 60.7 Å². The first kappa shape index (κ1) is 15.3. The Balaban J connectivity index is 1.57. The van der Waals surface area contributed by atoms with Gasteiger partial charge >= 0.3 is 0 Å². The molecule has 1 heterocycles. The molecule has 1 heteroatoms. The van der Waals surface area contributed by atoms with Crippen LogP contribution in [0.1, 0.15) is 43.4 Å². The molecule has 1 nitrogen and oxygen atoms in total. The van der Waals surface area contributed by atoms with Crippen molar-refractivity contribution in [2.75, 3.05) is 13.1 Å². The first-order chi connectivity index (χ1) is 10.9. The maximum Gasteiger partial charge on any atom is 0.0345 e. The Labute approximate surface area is 135 Å². The minimum Gasteiger partial charge on any atom is -0.296 e. The molecule has 0 aliphatic carbocycles. The van der Waals surface area contributed by atoms with Crippen molar-refractivity contribution in [2.24, 2.45) is 5.92 Å². The first-order valence-corrected chi connectivity index (χ1v) is 8.69. The van der Waals surface area contributed by atoms with Crippen LogP contribution >= 0.6 is 0 Å². The van der Waals surface area contributed by atoms with E-state index in [1.807, 2.05) is 0 Å². The average Bonchev–Trinajstić information content (AvgIpc) is 2.59. The largest absolute Gasteiger partial charge is 0.296 e. The van der Waals surface area contributed by atoms with E-state index in [0.29, 0.717) is 6.04 Å². The number of nitrogens with zero attached hydrogens (tertiary/aromatic N) is 1. The van der Waals surface area contributed by atoms with Crippen molar-refractivity contribution in [1.82, 2.24) is 4.90 Å². The van der Waals surface area contributed by atoms with Crippen molar-refractivity contribution >= 4 is 0 Å². The van der Waals surface area contributed by atoms with Gasteiger partial charge in [-0.2, -0.15) is 0 Å². The molecule has 0 saturated carbocycles. The second-order valence-electron chi connectivity index (χ2n) is 6.50. The quantitative estimate of drug-likeness (QED) is 0.742. The van der Waals surface area contributed by atoms with Crippen LogP contribution in [0.4, 0.5) is 0 Å². The fraction of sp³-hybridized carbons (Fsp3) is 0.429. The van der Waals surface area contributed by atoms with E-state index in [4.69, 9.17) is 0 Å². The van der Waals surface area contributed by atoms with Gasteiger partial charge in [0.05, 0.1) is 0 Å². The third-order valence-electron chi connectivity index (χ3n) is 5.03. The second kappa shape index (κ2) is 7.60. The van der Waals surface area contributed by atoms with Gasteiger partial charge in [-0.1, -0.05) is 67.6 Å². The molecule has 3 rings (SSSR count). The Morgan fingerprint density at radius 2 is 1.50 bits per heavy atom. The van der Waals surface area contributed by atoms with Crippen LogP contribution in [0.5, 0.6) is 0 Å². The summed E-state index contributed by atoms with van der Waals surface area (Å²) in [5.41, 5.74) is 2.97. The number of hydrogen-bond acceptors (Lipinski definition) is 1. The molecule has 1 saturated heterocycles. The summed E-state index contributed by atoms with van der Waals surface area (Å²) in [6, 6.07) is 22.6. The minimum absolute atomic E-state index is 0.596. The highest BCUT2D eigenvalue weighted by molar-refractivity contribution is 5.19. The van der Waals surface area contributed by atoms with Crippen LogP contribution in [0.3, 0.4) is 0 Å². The van der Waals surface area contributed by atoms with Crippen LogP contribution in [0.2, 0.25) is 0 Å². The fourth-order valence-corrected chi connectivity index (χ4v) is 3.80. The molecule has 0 spiro atoms. The van der Waals surface area contributed by atoms with E-state index < -0.39 is 0 Å². The molecule has 0 radical (unpaired) electrons. The van der Waals surface area contributed by atoms with Gasteiger partial charge in [0.25, 0.3) is 0 Å². The topological polar surface area (TPSA) is 3.24 Å². The normalized spacial score (nSPS) is 18.2. The number of hydrogen-bond donors (Lipinski definition) is 0. The van der Waals surface area contributed by atoms with Crippen molar-refractivity contribution < 1.29 is 0 Å². The molecule has 1 aliphatic heterocycles. The zero-order valence-corrected chi connectivity index (χ0v) is 13.6. The van der Waals surface area contributed by atoms with Crippen LogP contribution in [0.25, 0.3) is 0 Å². The summed E-state index contributed by atoms with van der Waals surface area (Å²) in [6.45, 7) is 4.80. The van der Waals surface area contributed by atoms with E-state index in [-0.39, 0.29) is 0 Å². The summed E-state index contributed by atoms with van der Waals surface area (Å²) in [6.07, 6.45) is 5.11. The number of benzene rings is 2. The van der Waals surface area contributed by atoms with Gasteiger partial charge in [0.2, 0.25) is 0 Å². The molecule has 2 aromatic rings. The van der Waals surface area contributed by atoms with E-state index in [0.717, 1.165) is 5.92 Å². The first-order valence-electron chi connectivity index (χ1n) is 8.69. The Morgan fingerprint density at radius 3 is 2.09 bits per heavy atom. The minimum atomic E-state index is 0.596. The molecule has 1 atom stereocenters. The predicted molar refractivity (Wildman–Crippen MR) is 93.9 cm³/mol. The molecule has 0 aromatic heterocycles. The van der Waals surface area contributed by atoms with Crippen molar-refractivity contribution in [2.45, 2.75) is 38.6 Å². The molecule has 1 aliphatic rings. The van der Waals surface area contributed by atoms with Crippen molar-refractivity contribution in [3.05, 3.63) is 71.8 Å². The van der Waals surface area contributed by atoms with E-state index in [1.54, 1.807) is 0 Å². The Bertz CT molecular complexity index is 541. The summed E-state index contributed by atoms with van der Waals surface area (Å²) in [5, 5.41) is 0. The summed E-state index contributed by atoms with van der Waals surface area (Å²) in [7, 11) is 0.